The van der Waals surface area contributed by atoms with E-state index in [0.29, 0.717) is 47.3 Å². The van der Waals surface area contributed by atoms with Gasteiger partial charge in [-0.1, -0.05) is 77.0 Å². The molecule has 0 spiro atoms. The highest BCUT2D eigenvalue weighted by Gasteiger charge is 2.47. The summed E-state index contributed by atoms with van der Waals surface area (Å²) in [6.45, 7) is 18.3. The van der Waals surface area contributed by atoms with E-state index in [1.807, 2.05) is 0 Å². The Hall–Kier alpha value is -2.35. The average Bonchev–Trinajstić information content (AvgIpc) is 3.17. The van der Waals surface area contributed by atoms with Crippen LogP contribution in [0.25, 0.3) is 11.1 Å². The topological polar surface area (TPSA) is 37.3 Å². The number of carbonyl (C=O) groups is 1. The first-order valence-electron chi connectivity index (χ1n) is 15.1. The van der Waals surface area contributed by atoms with Gasteiger partial charge in [-0.3, -0.25) is 4.79 Å². The van der Waals surface area contributed by atoms with Crippen LogP contribution in [0.2, 0.25) is 0 Å². The lowest BCUT2D eigenvalue weighted by molar-refractivity contribution is -0.122. The Balaban J connectivity index is 1.36. The molecule has 0 amide bonds. The molecule has 0 saturated heterocycles. The first-order valence-corrected chi connectivity index (χ1v) is 15.1. The highest BCUT2D eigenvalue weighted by Crippen LogP contribution is 2.52. The van der Waals surface area contributed by atoms with Crippen LogP contribution in [-0.2, 0) is 11.2 Å². The maximum Gasteiger partial charge on any atom is 0.173 e. The number of hydrogen-bond donors (Lipinski definition) is 1. The molecule has 0 radical (unpaired) electrons. The molecule has 2 nitrogen and oxygen atoms in total. The third kappa shape index (κ3) is 4.67. The molecule has 1 N–H and O–H groups in total. The second kappa shape index (κ2) is 10.3. The van der Waals surface area contributed by atoms with Gasteiger partial charge in [0.1, 0.15) is 5.76 Å². The van der Waals surface area contributed by atoms with Crippen LogP contribution in [0.1, 0.15) is 95.4 Å². The summed E-state index contributed by atoms with van der Waals surface area (Å²) in [5.41, 5.74) is 9.67. The minimum absolute atomic E-state index is 0.172. The monoisotopic (exact) mass is 512 g/mol. The number of allylic oxidation sites excluding steroid dienone is 4. The molecule has 0 aliphatic heterocycles. The number of aliphatic hydroxyl groups excluding tert-OH is 1. The van der Waals surface area contributed by atoms with Crippen molar-refractivity contribution in [3.05, 3.63) is 69.5 Å². The lowest BCUT2D eigenvalue weighted by atomic mass is 9.69. The molecular weight excluding hydrogens is 464 g/mol. The van der Waals surface area contributed by atoms with Gasteiger partial charge in [-0.25, -0.2) is 0 Å². The van der Waals surface area contributed by atoms with E-state index in [-0.39, 0.29) is 11.7 Å². The average molecular weight is 513 g/mol. The lowest BCUT2D eigenvalue weighted by Crippen LogP contribution is -2.35. The first-order chi connectivity index (χ1) is 18.0. The second-order valence-electron chi connectivity index (χ2n) is 13.7. The summed E-state index contributed by atoms with van der Waals surface area (Å²) in [5.74, 6) is 4.53. The third-order valence-corrected chi connectivity index (χ3v) is 10.6. The number of fused-ring (bicyclic) bond motifs is 2. The van der Waals surface area contributed by atoms with Gasteiger partial charge < -0.3 is 5.11 Å². The van der Waals surface area contributed by atoms with Gasteiger partial charge in [-0.05, 0) is 115 Å². The molecule has 5 rings (SSSR count). The highest BCUT2D eigenvalue weighted by atomic mass is 16.3. The summed E-state index contributed by atoms with van der Waals surface area (Å²) in [6.07, 6.45) is 7.67. The van der Waals surface area contributed by atoms with Crippen molar-refractivity contribution in [2.24, 2.45) is 41.4 Å². The van der Waals surface area contributed by atoms with Crippen molar-refractivity contribution < 1.29 is 9.90 Å². The molecule has 0 aromatic heterocycles. The fourth-order valence-electron chi connectivity index (χ4n) is 8.18. The van der Waals surface area contributed by atoms with Crippen molar-refractivity contribution >= 4 is 5.78 Å². The molecule has 0 heterocycles. The number of carbonyl (C=O) groups excluding carboxylic acids is 1. The fraction of sp³-hybridized carbons (Fsp3) is 0.583. The van der Waals surface area contributed by atoms with Crippen LogP contribution in [-0.4, -0.2) is 10.9 Å². The molecule has 0 bridgehead atoms. The first kappa shape index (κ1) is 27.2. The Labute approximate surface area is 231 Å². The van der Waals surface area contributed by atoms with E-state index in [2.05, 4.69) is 85.7 Å². The van der Waals surface area contributed by atoms with Crippen LogP contribution in [0.5, 0.6) is 0 Å². The maximum absolute atomic E-state index is 13.5. The van der Waals surface area contributed by atoms with E-state index >= 15 is 0 Å². The van der Waals surface area contributed by atoms with Crippen molar-refractivity contribution in [2.75, 3.05) is 0 Å². The molecule has 6 atom stereocenters. The summed E-state index contributed by atoms with van der Waals surface area (Å²) in [4.78, 5) is 13.5. The molecule has 1 saturated carbocycles. The van der Waals surface area contributed by atoms with Gasteiger partial charge in [0.05, 0.1) is 5.92 Å². The molecular formula is C36H48O2. The van der Waals surface area contributed by atoms with E-state index in [1.165, 1.54) is 58.2 Å². The zero-order valence-corrected chi connectivity index (χ0v) is 24.9. The van der Waals surface area contributed by atoms with E-state index in [4.69, 9.17) is 0 Å². The second-order valence-corrected chi connectivity index (χ2v) is 13.7. The summed E-state index contributed by atoms with van der Waals surface area (Å²) in [6, 6.07) is 8.99. The van der Waals surface area contributed by atoms with Crippen LogP contribution in [0, 0.1) is 55.3 Å². The molecule has 2 heteroatoms. The summed E-state index contributed by atoms with van der Waals surface area (Å²) < 4.78 is 0. The number of aliphatic hydroxyl groups is 1. The van der Waals surface area contributed by atoms with Gasteiger partial charge in [0.2, 0.25) is 0 Å². The van der Waals surface area contributed by atoms with Gasteiger partial charge in [0.15, 0.2) is 5.78 Å². The van der Waals surface area contributed by atoms with E-state index in [1.54, 1.807) is 0 Å². The van der Waals surface area contributed by atoms with Gasteiger partial charge in [-0.15, -0.1) is 0 Å². The van der Waals surface area contributed by atoms with E-state index in [9.17, 15) is 9.90 Å². The van der Waals surface area contributed by atoms with E-state index in [0.717, 1.165) is 18.3 Å². The van der Waals surface area contributed by atoms with Crippen LogP contribution in [0.3, 0.4) is 0 Å². The summed E-state index contributed by atoms with van der Waals surface area (Å²) >= 11 is 0. The molecule has 204 valence electrons. The van der Waals surface area contributed by atoms with Gasteiger partial charge in [0, 0.05) is 12.0 Å². The zero-order chi connectivity index (χ0) is 27.5. The fourth-order valence-corrected chi connectivity index (χ4v) is 8.18. The quantitative estimate of drug-likeness (QED) is 0.391. The summed E-state index contributed by atoms with van der Waals surface area (Å²) in [5, 5.41) is 11.2. The van der Waals surface area contributed by atoms with Crippen LogP contribution >= 0.6 is 0 Å². The molecule has 38 heavy (non-hydrogen) atoms. The van der Waals surface area contributed by atoms with Gasteiger partial charge in [0.25, 0.3) is 0 Å². The molecule has 0 aromatic rings. The Morgan fingerprint density at radius 1 is 1.00 bits per heavy atom. The van der Waals surface area contributed by atoms with Crippen molar-refractivity contribution in [3.8, 4) is 11.1 Å². The van der Waals surface area contributed by atoms with Crippen molar-refractivity contribution in [1.82, 2.24) is 0 Å². The molecule has 5 aliphatic carbocycles. The van der Waals surface area contributed by atoms with E-state index < -0.39 is 0 Å². The van der Waals surface area contributed by atoms with Crippen LogP contribution < -0.4 is 0 Å². The normalized spacial score (nSPS) is 29.6. The standard InChI is InChI=1S/C36H48O2/c1-19(2)25-11-9-21(5)33-27(13-23(7)29(33)15-25)17-31-35(37)32(36(31)38)18-28-14-24(8)30-16-26(20(3)4)12-10-22(6)34(28)30/h9,11,13-15,19-20,22,26,28,30,32,34,37H,10,12,16-18H2,1-8H3. The highest BCUT2D eigenvalue weighted by molar-refractivity contribution is 6.06. The number of hydrogen-bond acceptors (Lipinski definition) is 2. The zero-order valence-electron chi connectivity index (χ0n) is 24.9. The minimum Gasteiger partial charge on any atom is -0.511 e. The smallest absolute Gasteiger partial charge is 0.173 e. The largest absolute Gasteiger partial charge is 0.511 e. The number of aryl methyl sites for hydroxylation is 2. The number of ketones is 1. The number of rotatable bonds is 6. The summed E-state index contributed by atoms with van der Waals surface area (Å²) in [7, 11) is 0. The Morgan fingerprint density at radius 2 is 1.74 bits per heavy atom. The SMILES string of the molecule is CC1=CC(CC2C(=O)C(Cc3cc(C)c4cc(C(C)C)ccc(C)c3-4)=C2O)C2C(C)CCC(C(C)C)CC12. The van der Waals surface area contributed by atoms with Gasteiger partial charge >= 0.3 is 0 Å². The van der Waals surface area contributed by atoms with Crippen LogP contribution in [0.15, 0.2) is 47.2 Å². The maximum atomic E-state index is 13.5. The minimum atomic E-state index is -0.318. The van der Waals surface area contributed by atoms with Crippen molar-refractivity contribution in [2.45, 2.75) is 93.4 Å². The van der Waals surface area contributed by atoms with Crippen LogP contribution in [0.4, 0.5) is 0 Å². The van der Waals surface area contributed by atoms with Crippen molar-refractivity contribution in [3.63, 3.8) is 0 Å². The third-order valence-electron chi connectivity index (χ3n) is 10.6. The van der Waals surface area contributed by atoms with Crippen molar-refractivity contribution in [1.29, 1.82) is 0 Å². The Kier molecular flexibility index (Phi) is 7.40. The predicted molar refractivity (Wildman–Crippen MR) is 159 cm³/mol. The lowest BCUT2D eigenvalue weighted by Gasteiger charge is -2.35. The Morgan fingerprint density at radius 3 is 2.39 bits per heavy atom. The molecule has 6 unspecified atom stereocenters. The molecule has 1 fully saturated rings. The Bertz CT molecular complexity index is 1260. The van der Waals surface area contributed by atoms with Gasteiger partial charge in [-0.2, -0.15) is 0 Å². The molecule has 5 aliphatic rings. The molecule has 0 aromatic carbocycles. The number of Topliss-reactive ketones (excluding diaryl/α,β-unsaturated/α-hetero) is 1. The predicted octanol–water partition coefficient (Wildman–Crippen LogP) is 9.38.